The number of anilines is 6. The van der Waals surface area contributed by atoms with Gasteiger partial charge in [-0.25, -0.2) is 8.42 Å². The van der Waals surface area contributed by atoms with Gasteiger partial charge >= 0.3 is 0 Å². The zero-order valence-electron chi connectivity index (χ0n) is 21.9. The summed E-state index contributed by atoms with van der Waals surface area (Å²) in [5, 5.41) is 7.37. The number of nitrogens with zero attached hydrogens (tertiary/aromatic N) is 5. The molecule has 3 heterocycles. The Labute approximate surface area is 222 Å². The van der Waals surface area contributed by atoms with Crippen molar-refractivity contribution >= 4 is 55.6 Å². The number of rotatable bonds is 8. The van der Waals surface area contributed by atoms with E-state index in [4.69, 9.17) is 9.72 Å². The van der Waals surface area contributed by atoms with E-state index < -0.39 is 10.0 Å². The fourth-order valence-electron chi connectivity index (χ4n) is 4.45. The molecule has 1 aliphatic rings. The molecule has 1 saturated heterocycles. The second kappa shape index (κ2) is 10.4. The summed E-state index contributed by atoms with van der Waals surface area (Å²) in [6.45, 7) is 3.90. The molecular formula is C26H32N8O3S. The summed E-state index contributed by atoms with van der Waals surface area (Å²) in [6.07, 6.45) is 2.96. The smallest absolute Gasteiger partial charge is 0.232 e. The third-order valence-corrected chi connectivity index (χ3v) is 7.88. The van der Waals surface area contributed by atoms with Gasteiger partial charge in [0.2, 0.25) is 16.0 Å². The summed E-state index contributed by atoms with van der Waals surface area (Å²) in [5.74, 6) is 1.69. The number of H-pyrrole nitrogens is 1. The van der Waals surface area contributed by atoms with Crippen molar-refractivity contribution in [1.82, 2.24) is 19.9 Å². The highest BCUT2D eigenvalue weighted by Crippen LogP contribution is 2.34. The summed E-state index contributed by atoms with van der Waals surface area (Å²) < 4.78 is 31.4. The Bertz CT molecular complexity index is 1550. The number of piperazine rings is 1. The average Bonchev–Trinajstić information content (AvgIpc) is 3.38. The van der Waals surface area contributed by atoms with Crippen molar-refractivity contribution in [3.63, 3.8) is 0 Å². The van der Waals surface area contributed by atoms with Gasteiger partial charge in [0, 0.05) is 51.2 Å². The number of hydrogen-bond donors (Lipinski definition) is 3. The van der Waals surface area contributed by atoms with E-state index in [-0.39, 0.29) is 0 Å². The molecule has 2 aromatic carbocycles. The van der Waals surface area contributed by atoms with Crippen LogP contribution in [-0.4, -0.2) is 81.9 Å². The Kier molecular flexibility index (Phi) is 7.00. The maximum atomic E-state index is 12.2. The first-order chi connectivity index (χ1) is 18.2. The molecule has 0 amide bonds. The van der Waals surface area contributed by atoms with Crippen LogP contribution in [-0.2, 0) is 10.0 Å². The highest BCUT2D eigenvalue weighted by Gasteiger charge is 2.19. The Morgan fingerprint density at radius 1 is 1.03 bits per heavy atom. The van der Waals surface area contributed by atoms with Crippen LogP contribution in [0.15, 0.2) is 54.7 Å². The van der Waals surface area contributed by atoms with E-state index in [2.05, 4.69) is 43.5 Å². The van der Waals surface area contributed by atoms with Crippen molar-refractivity contribution in [3.05, 3.63) is 54.7 Å². The maximum absolute atomic E-state index is 12.2. The predicted molar refractivity (Wildman–Crippen MR) is 153 cm³/mol. The molecule has 200 valence electrons. The van der Waals surface area contributed by atoms with E-state index >= 15 is 0 Å². The number of hydrogen-bond acceptors (Lipinski definition) is 9. The number of para-hydroxylation sites is 2. The van der Waals surface area contributed by atoms with Crippen LogP contribution in [0.25, 0.3) is 11.0 Å². The molecule has 3 N–H and O–H groups in total. The van der Waals surface area contributed by atoms with Crippen LogP contribution in [0.3, 0.4) is 0 Å². The summed E-state index contributed by atoms with van der Waals surface area (Å²) >= 11 is 0. The zero-order chi connectivity index (χ0) is 26.9. The van der Waals surface area contributed by atoms with E-state index in [1.807, 2.05) is 30.3 Å². The van der Waals surface area contributed by atoms with Gasteiger partial charge in [0.1, 0.15) is 17.2 Å². The van der Waals surface area contributed by atoms with Crippen LogP contribution in [0.5, 0.6) is 5.75 Å². The Morgan fingerprint density at radius 3 is 2.53 bits per heavy atom. The van der Waals surface area contributed by atoms with Crippen molar-refractivity contribution in [3.8, 4) is 5.75 Å². The van der Waals surface area contributed by atoms with Crippen molar-refractivity contribution in [2.24, 2.45) is 0 Å². The summed E-state index contributed by atoms with van der Waals surface area (Å²) in [5.41, 5.74) is 3.59. The SMILES string of the molecule is COc1cc(Nc2nc(Nc3ccccc3N(C)S(C)(=O)=O)c3cc[nH]c3n2)ccc1N1CCN(C)CC1. The largest absolute Gasteiger partial charge is 0.495 e. The van der Waals surface area contributed by atoms with E-state index in [0.717, 1.165) is 48.7 Å². The lowest BCUT2D eigenvalue weighted by Crippen LogP contribution is -2.44. The van der Waals surface area contributed by atoms with Crippen LogP contribution in [0.2, 0.25) is 0 Å². The van der Waals surface area contributed by atoms with Crippen LogP contribution < -0.4 is 24.6 Å². The molecular weight excluding hydrogens is 504 g/mol. The highest BCUT2D eigenvalue weighted by molar-refractivity contribution is 7.92. The van der Waals surface area contributed by atoms with Crippen LogP contribution >= 0.6 is 0 Å². The molecule has 0 atom stereocenters. The lowest BCUT2D eigenvalue weighted by Gasteiger charge is -2.34. The number of aromatic amines is 1. The summed E-state index contributed by atoms with van der Waals surface area (Å²) in [7, 11) is 1.88. The first-order valence-electron chi connectivity index (χ1n) is 12.3. The van der Waals surface area contributed by atoms with Crippen molar-refractivity contribution in [2.45, 2.75) is 0 Å². The van der Waals surface area contributed by atoms with Gasteiger partial charge in [-0.3, -0.25) is 4.31 Å². The Balaban J connectivity index is 1.44. The number of sulfonamides is 1. The lowest BCUT2D eigenvalue weighted by molar-refractivity contribution is 0.311. The molecule has 11 nitrogen and oxygen atoms in total. The molecule has 5 rings (SSSR count). The van der Waals surface area contributed by atoms with Crippen LogP contribution in [0, 0.1) is 0 Å². The maximum Gasteiger partial charge on any atom is 0.232 e. The van der Waals surface area contributed by atoms with Gasteiger partial charge in [0.25, 0.3) is 0 Å². The average molecular weight is 537 g/mol. The number of nitrogens with one attached hydrogen (secondary N) is 3. The summed E-state index contributed by atoms with van der Waals surface area (Å²) in [6, 6.07) is 15.0. The minimum absolute atomic E-state index is 0.380. The van der Waals surface area contributed by atoms with Crippen LogP contribution in [0.4, 0.5) is 34.5 Å². The fraction of sp³-hybridized carbons (Fsp3) is 0.308. The molecule has 0 radical (unpaired) electrons. The minimum Gasteiger partial charge on any atom is -0.495 e. The number of ether oxygens (including phenoxy) is 1. The molecule has 0 unspecified atom stereocenters. The van der Waals surface area contributed by atoms with Gasteiger partial charge in [0.15, 0.2) is 0 Å². The third-order valence-electron chi connectivity index (χ3n) is 6.69. The van der Waals surface area contributed by atoms with Gasteiger partial charge < -0.3 is 30.2 Å². The van der Waals surface area contributed by atoms with Gasteiger partial charge in [-0.1, -0.05) is 12.1 Å². The minimum atomic E-state index is -3.45. The Hall–Kier alpha value is -4.03. The molecule has 0 saturated carbocycles. The number of likely N-dealkylation sites (N-methyl/N-ethyl adjacent to an activating group) is 1. The van der Waals surface area contributed by atoms with Gasteiger partial charge in [0.05, 0.1) is 35.8 Å². The lowest BCUT2D eigenvalue weighted by atomic mass is 10.2. The predicted octanol–water partition coefficient (Wildman–Crippen LogP) is 3.60. The zero-order valence-corrected chi connectivity index (χ0v) is 22.7. The van der Waals surface area contributed by atoms with E-state index in [9.17, 15) is 8.42 Å². The fourth-order valence-corrected chi connectivity index (χ4v) is 4.96. The van der Waals surface area contributed by atoms with E-state index in [0.29, 0.717) is 28.8 Å². The highest BCUT2D eigenvalue weighted by atomic mass is 32.2. The molecule has 2 aromatic heterocycles. The number of methoxy groups -OCH3 is 1. The topological polar surface area (TPSA) is 119 Å². The standard InChI is InChI=1S/C26H32N8O3S/c1-32-13-15-34(16-14-32)22-10-9-18(17-23(22)37-3)28-26-30-24-19(11-12-27-24)25(31-26)29-20-7-5-6-8-21(20)33(2)38(4,35)36/h5-12,17H,13-16H2,1-4H3,(H3,27,28,29,30,31). The van der Waals surface area contributed by atoms with Gasteiger partial charge in [-0.15, -0.1) is 0 Å². The Morgan fingerprint density at radius 2 is 1.79 bits per heavy atom. The normalized spacial score (nSPS) is 14.5. The number of aromatic nitrogens is 3. The molecule has 0 aliphatic carbocycles. The molecule has 1 aliphatic heterocycles. The second-order valence-corrected chi connectivity index (χ2v) is 11.3. The third kappa shape index (κ3) is 5.31. The molecule has 1 fully saturated rings. The molecule has 0 spiro atoms. The van der Waals surface area contributed by atoms with Crippen molar-refractivity contribution < 1.29 is 13.2 Å². The molecule has 12 heteroatoms. The first kappa shape index (κ1) is 25.6. The van der Waals surface area contributed by atoms with Gasteiger partial charge in [-0.2, -0.15) is 9.97 Å². The quantitative estimate of drug-likeness (QED) is 0.310. The van der Waals surface area contributed by atoms with Crippen molar-refractivity contribution in [2.75, 3.05) is 73.5 Å². The number of fused-ring (bicyclic) bond motifs is 1. The number of benzene rings is 2. The molecule has 0 bridgehead atoms. The summed E-state index contributed by atoms with van der Waals surface area (Å²) in [4.78, 5) is 17.1. The van der Waals surface area contributed by atoms with Gasteiger partial charge in [-0.05, 0) is 37.4 Å². The second-order valence-electron chi connectivity index (χ2n) is 9.31. The van der Waals surface area contributed by atoms with Crippen molar-refractivity contribution in [1.29, 1.82) is 0 Å². The van der Waals surface area contributed by atoms with E-state index in [1.165, 1.54) is 17.6 Å². The molecule has 38 heavy (non-hydrogen) atoms. The first-order valence-corrected chi connectivity index (χ1v) is 14.1. The van der Waals surface area contributed by atoms with E-state index in [1.54, 1.807) is 25.4 Å². The molecule has 4 aromatic rings. The van der Waals surface area contributed by atoms with Crippen LogP contribution in [0.1, 0.15) is 0 Å². The monoisotopic (exact) mass is 536 g/mol.